The lowest BCUT2D eigenvalue weighted by Crippen LogP contribution is -2.39. The van der Waals surface area contributed by atoms with Crippen molar-refractivity contribution in [2.75, 3.05) is 13.7 Å². The van der Waals surface area contributed by atoms with Gasteiger partial charge in [0.2, 0.25) is 10.0 Å². The number of amides is 1. The largest absolute Gasteiger partial charge is 0.496 e. The summed E-state index contributed by atoms with van der Waals surface area (Å²) in [6, 6.07) is 19.4. The second-order valence-corrected chi connectivity index (χ2v) is 9.55. The summed E-state index contributed by atoms with van der Waals surface area (Å²) >= 11 is 0. The first-order chi connectivity index (χ1) is 16.7. The van der Waals surface area contributed by atoms with Crippen LogP contribution < -0.4 is 10.2 Å². The second-order valence-electron chi connectivity index (χ2n) is 7.61. The zero-order chi connectivity index (χ0) is 25.4. The fourth-order valence-electron chi connectivity index (χ4n) is 3.26. The van der Waals surface area contributed by atoms with E-state index in [0.717, 1.165) is 9.87 Å². The highest BCUT2D eigenvalue weighted by Crippen LogP contribution is 2.24. The van der Waals surface area contributed by atoms with E-state index in [2.05, 4.69) is 10.5 Å². The number of benzene rings is 3. The molecule has 3 aromatic rings. The van der Waals surface area contributed by atoms with Gasteiger partial charge in [0.15, 0.2) is 0 Å². The minimum absolute atomic E-state index is 0.0119. The summed E-state index contributed by atoms with van der Waals surface area (Å²) in [4.78, 5) is 23.6. The van der Waals surface area contributed by atoms with Crippen LogP contribution in [0.15, 0.2) is 82.8 Å². The number of hydrogen-bond acceptors (Lipinski definition) is 6. The summed E-state index contributed by atoms with van der Waals surface area (Å²) < 4.78 is 33.1. The molecule has 0 saturated heterocycles. The molecule has 0 spiro atoms. The number of rotatable bonds is 10. The van der Waals surface area contributed by atoms with Crippen LogP contribution in [0, 0.1) is 6.92 Å². The molecule has 0 aliphatic rings. The molecule has 2 N–H and O–H groups in total. The molecule has 1 amide bonds. The van der Waals surface area contributed by atoms with E-state index >= 15 is 0 Å². The average Bonchev–Trinajstić information content (AvgIpc) is 2.84. The van der Waals surface area contributed by atoms with Gasteiger partial charge in [-0.3, -0.25) is 4.79 Å². The van der Waals surface area contributed by atoms with Crippen molar-refractivity contribution in [3.8, 4) is 5.75 Å². The van der Waals surface area contributed by atoms with Crippen LogP contribution in [0.4, 0.5) is 0 Å². The van der Waals surface area contributed by atoms with Crippen LogP contribution in [0.25, 0.3) is 0 Å². The van der Waals surface area contributed by atoms with E-state index in [-0.39, 0.29) is 17.0 Å². The van der Waals surface area contributed by atoms with Crippen molar-refractivity contribution in [1.29, 1.82) is 0 Å². The number of ether oxygens (including phenoxy) is 1. The molecule has 0 radical (unpaired) electrons. The van der Waals surface area contributed by atoms with Gasteiger partial charge in [0.25, 0.3) is 5.91 Å². The standard InChI is InChI=1S/C25H25N3O6S/c1-18-14-22(12-13-23(18)34-2)35(32,33)28(16-20-6-4-3-5-7-20)17-24(29)27-26-15-19-8-10-21(11-9-19)25(30)31/h3-15H,16-17H2,1-2H3,(H,27,29)(H,30,31)/b26-15+. The molecule has 0 unspecified atom stereocenters. The molecule has 0 aromatic heterocycles. The van der Waals surface area contributed by atoms with Gasteiger partial charge < -0.3 is 9.84 Å². The van der Waals surface area contributed by atoms with Crippen molar-refractivity contribution < 1.29 is 27.9 Å². The van der Waals surface area contributed by atoms with Crippen molar-refractivity contribution in [2.24, 2.45) is 5.10 Å². The maximum Gasteiger partial charge on any atom is 0.335 e. The minimum atomic E-state index is -4.02. The number of hydrogen-bond donors (Lipinski definition) is 2. The average molecular weight is 496 g/mol. The lowest BCUT2D eigenvalue weighted by molar-refractivity contribution is -0.121. The Labute approximate surface area is 203 Å². The van der Waals surface area contributed by atoms with E-state index in [9.17, 15) is 18.0 Å². The van der Waals surface area contributed by atoms with Crippen LogP contribution in [-0.4, -0.2) is 49.6 Å². The Bertz CT molecular complexity index is 1320. The Hall–Kier alpha value is -4.02. The van der Waals surface area contributed by atoms with Crippen LogP contribution in [-0.2, 0) is 21.4 Å². The predicted molar refractivity (Wildman–Crippen MR) is 131 cm³/mol. The number of carbonyl (C=O) groups excluding carboxylic acids is 1. The third-order valence-corrected chi connectivity index (χ3v) is 6.87. The van der Waals surface area contributed by atoms with Crippen LogP contribution in [0.1, 0.15) is 27.0 Å². The lowest BCUT2D eigenvalue weighted by Gasteiger charge is -2.22. The number of sulfonamides is 1. The molecule has 0 saturated carbocycles. The summed E-state index contributed by atoms with van der Waals surface area (Å²) in [5.74, 6) is -1.12. The SMILES string of the molecule is COc1ccc(S(=O)(=O)N(CC(=O)N/N=C/c2ccc(C(=O)O)cc2)Cc2ccccc2)cc1C. The highest BCUT2D eigenvalue weighted by Gasteiger charge is 2.27. The van der Waals surface area contributed by atoms with Crippen molar-refractivity contribution in [3.63, 3.8) is 0 Å². The van der Waals surface area contributed by atoms with Gasteiger partial charge in [-0.15, -0.1) is 0 Å². The van der Waals surface area contributed by atoms with Crippen LogP contribution in [0.2, 0.25) is 0 Å². The molecule has 0 aliphatic heterocycles. The third-order valence-electron chi connectivity index (χ3n) is 5.09. The molecular formula is C25H25N3O6S. The monoisotopic (exact) mass is 495 g/mol. The number of hydrazone groups is 1. The highest BCUT2D eigenvalue weighted by molar-refractivity contribution is 7.89. The molecule has 0 bridgehead atoms. The fraction of sp³-hybridized carbons (Fsp3) is 0.160. The zero-order valence-corrected chi connectivity index (χ0v) is 20.0. The first-order valence-electron chi connectivity index (χ1n) is 10.5. The number of methoxy groups -OCH3 is 1. The van der Waals surface area contributed by atoms with Crippen LogP contribution >= 0.6 is 0 Å². The Morgan fingerprint density at radius 2 is 1.74 bits per heavy atom. The summed E-state index contributed by atoms with van der Waals surface area (Å²) in [6.45, 7) is 1.27. The Morgan fingerprint density at radius 1 is 1.06 bits per heavy atom. The maximum absolute atomic E-state index is 13.4. The number of aryl methyl sites for hydroxylation is 1. The summed E-state index contributed by atoms with van der Waals surface area (Å²) in [5.41, 5.74) is 4.39. The van der Waals surface area contributed by atoms with E-state index < -0.39 is 28.4 Å². The molecule has 0 aliphatic carbocycles. The van der Waals surface area contributed by atoms with E-state index in [1.165, 1.54) is 49.7 Å². The zero-order valence-electron chi connectivity index (χ0n) is 19.2. The van der Waals surface area contributed by atoms with Gasteiger partial charge in [0, 0.05) is 6.54 Å². The minimum Gasteiger partial charge on any atom is -0.496 e. The molecule has 0 fully saturated rings. The van der Waals surface area contributed by atoms with Gasteiger partial charge in [0.05, 0.1) is 30.3 Å². The second kappa shape index (κ2) is 11.4. The normalized spacial score (nSPS) is 11.5. The number of carboxylic acid groups (broad SMARTS) is 1. The lowest BCUT2D eigenvalue weighted by atomic mass is 10.1. The van der Waals surface area contributed by atoms with Crippen molar-refractivity contribution >= 4 is 28.1 Å². The molecule has 3 aromatic carbocycles. The van der Waals surface area contributed by atoms with Gasteiger partial charge in [-0.05, 0) is 53.9 Å². The van der Waals surface area contributed by atoms with Gasteiger partial charge in [-0.2, -0.15) is 9.41 Å². The topological polar surface area (TPSA) is 125 Å². The van der Waals surface area contributed by atoms with Crippen molar-refractivity contribution in [3.05, 3.63) is 95.1 Å². The first-order valence-corrected chi connectivity index (χ1v) is 12.0. The van der Waals surface area contributed by atoms with Gasteiger partial charge >= 0.3 is 5.97 Å². The molecular weight excluding hydrogens is 470 g/mol. The Kier molecular flexibility index (Phi) is 8.34. The van der Waals surface area contributed by atoms with Crippen molar-refractivity contribution in [2.45, 2.75) is 18.4 Å². The maximum atomic E-state index is 13.4. The van der Waals surface area contributed by atoms with Crippen LogP contribution in [0.3, 0.4) is 0 Å². The van der Waals surface area contributed by atoms with Crippen LogP contribution in [0.5, 0.6) is 5.75 Å². The number of aromatic carboxylic acids is 1. The highest BCUT2D eigenvalue weighted by atomic mass is 32.2. The summed E-state index contributed by atoms with van der Waals surface area (Å²) in [6.07, 6.45) is 1.34. The smallest absolute Gasteiger partial charge is 0.335 e. The molecule has 35 heavy (non-hydrogen) atoms. The number of carboxylic acids is 1. The van der Waals surface area contributed by atoms with E-state index in [1.54, 1.807) is 37.3 Å². The Balaban J connectivity index is 1.78. The number of carbonyl (C=O) groups is 2. The summed E-state index contributed by atoms with van der Waals surface area (Å²) in [5, 5.41) is 12.8. The van der Waals surface area contributed by atoms with Gasteiger partial charge in [-0.1, -0.05) is 42.5 Å². The molecule has 0 heterocycles. The Morgan fingerprint density at radius 3 is 2.34 bits per heavy atom. The quantitative estimate of drug-likeness (QED) is 0.329. The van der Waals surface area contributed by atoms with E-state index in [0.29, 0.717) is 16.9 Å². The number of nitrogens with zero attached hydrogens (tertiary/aromatic N) is 2. The predicted octanol–water partition coefficient (Wildman–Crippen LogP) is 3.04. The van der Waals surface area contributed by atoms with E-state index in [4.69, 9.17) is 9.84 Å². The number of nitrogens with one attached hydrogen (secondary N) is 1. The van der Waals surface area contributed by atoms with Crippen molar-refractivity contribution in [1.82, 2.24) is 9.73 Å². The fourth-order valence-corrected chi connectivity index (χ4v) is 4.73. The van der Waals surface area contributed by atoms with Gasteiger partial charge in [0.1, 0.15) is 5.75 Å². The molecule has 0 atom stereocenters. The van der Waals surface area contributed by atoms with E-state index in [1.807, 2.05) is 6.07 Å². The molecule has 3 rings (SSSR count). The summed E-state index contributed by atoms with van der Waals surface area (Å²) in [7, 11) is -2.52. The molecule has 182 valence electrons. The van der Waals surface area contributed by atoms with Gasteiger partial charge in [-0.25, -0.2) is 18.6 Å². The third kappa shape index (κ3) is 6.75. The molecule has 9 nitrogen and oxygen atoms in total. The molecule has 10 heteroatoms. The first kappa shape index (κ1) is 25.6.